The monoisotopic (exact) mass is 605 g/mol. The van der Waals surface area contributed by atoms with Crippen LogP contribution in [0.25, 0.3) is 65.3 Å². The van der Waals surface area contributed by atoms with Crippen molar-refractivity contribution in [3.05, 3.63) is 170 Å². The molecule has 1 nitrogen and oxygen atoms in total. The van der Waals surface area contributed by atoms with Crippen molar-refractivity contribution in [3.63, 3.8) is 0 Å². The van der Waals surface area contributed by atoms with Crippen LogP contribution in [0.2, 0.25) is 0 Å². The third-order valence-electron chi connectivity index (χ3n) is 10.8. The largest absolute Gasteiger partial charge is 0.311 e. The topological polar surface area (TPSA) is 3.24 Å². The van der Waals surface area contributed by atoms with Crippen molar-refractivity contribution in [2.75, 3.05) is 4.90 Å². The van der Waals surface area contributed by atoms with Gasteiger partial charge in [0.05, 0.1) is 0 Å². The Bertz CT molecular complexity index is 2810. The molecule has 48 heavy (non-hydrogen) atoms. The molecule has 0 saturated carbocycles. The lowest BCUT2D eigenvalue weighted by Gasteiger charge is -2.40. The molecule has 9 aromatic rings. The smallest absolute Gasteiger partial charge is 0.248 e. The highest BCUT2D eigenvalue weighted by atomic mass is 15.1. The number of fused-ring (bicyclic) bond motifs is 7. The van der Waals surface area contributed by atoms with Gasteiger partial charge in [-0.1, -0.05) is 145 Å². The van der Waals surface area contributed by atoms with Gasteiger partial charge < -0.3 is 4.90 Å². The van der Waals surface area contributed by atoms with Crippen molar-refractivity contribution in [3.8, 4) is 22.3 Å². The molecule has 0 atom stereocenters. The molecule has 0 radical (unpaired) electrons. The molecule has 2 aliphatic rings. The summed E-state index contributed by atoms with van der Waals surface area (Å²) in [6.45, 7) is 0.121. The Morgan fingerprint density at radius 1 is 0.375 bits per heavy atom. The molecule has 2 heterocycles. The molecule has 0 bridgehead atoms. The van der Waals surface area contributed by atoms with Crippen molar-refractivity contribution in [1.82, 2.24) is 0 Å². The van der Waals surface area contributed by atoms with Gasteiger partial charge in [0.2, 0.25) is 6.71 Å². The Hall–Kier alpha value is -6.12. The van der Waals surface area contributed by atoms with Crippen molar-refractivity contribution in [1.29, 1.82) is 0 Å². The second-order valence-corrected chi connectivity index (χ2v) is 13.3. The van der Waals surface area contributed by atoms with E-state index in [1.54, 1.807) is 0 Å². The Labute approximate surface area is 279 Å². The highest BCUT2D eigenvalue weighted by molar-refractivity contribution is 7.01. The highest BCUT2D eigenvalue weighted by Crippen LogP contribution is 2.44. The van der Waals surface area contributed by atoms with Crippen molar-refractivity contribution in [2.24, 2.45) is 0 Å². The van der Waals surface area contributed by atoms with Gasteiger partial charge in [0.1, 0.15) is 0 Å². The maximum absolute atomic E-state index is 2.51. The van der Waals surface area contributed by atoms with E-state index >= 15 is 0 Å². The van der Waals surface area contributed by atoms with Crippen LogP contribution in [-0.4, -0.2) is 6.71 Å². The fraction of sp³-hybridized carbons (Fsp3) is 0. The second-order valence-electron chi connectivity index (χ2n) is 13.3. The Balaban J connectivity index is 1.22. The lowest BCUT2D eigenvalue weighted by atomic mass is 9.32. The number of benzene rings is 9. The van der Waals surface area contributed by atoms with E-state index in [-0.39, 0.29) is 6.71 Å². The van der Waals surface area contributed by atoms with Gasteiger partial charge in [-0.25, -0.2) is 0 Å². The number of nitrogens with zero attached hydrogens (tertiary/aromatic N) is 1. The summed E-state index contributed by atoms with van der Waals surface area (Å²) >= 11 is 0. The van der Waals surface area contributed by atoms with Crippen LogP contribution >= 0.6 is 0 Å². The second kappa shape index (κ2) is 9.70. The van der Waals surface area contributed by atoms with Crippen molar-refractivity contribution < 1.29 is 0 Å². The molecule has 2 aliphatic heterocycles. The predicted octanol–water partition coefficient (Wildman–Crippen LogP) is 10.2. The normalized spacial score (nSPS) is 12.9. The van der Waals surface area contributed by atoms with Crippen LogP contribution < -0.4 is 21.3 Å². The first kappa shape index (κ1) is 26.0. The number of hydrogen-bond donors (Lipinski definition) is 0. The molecular formula is C46H28BN. The summed E-state index contributed by atoms with van der Waals surface area (Å²) in [4.78, 5) is 2.51. The van der Waals surface area contributed by atoms with E-state index in [1.165, 1.54) is 98.8 Å². The molecule has 0 unspecified atom stereocenters. The van der Waals surface area contributed by atoms with Crippen molar-refractivity contribution >= 4 is 83.3 Å². The number of anilines is 3. The van der Waals surface area contributed by atoms with E-state index in [4.69, 9.17) is 0 Å². The lowest BCUT2D eigenvalue weighted by molar-refractivity contribution is 1.30. The molecule has 0 aromatic heterocycles. The van der Waals surface area contributed by atoms with Crippen LogP contribution in [0.15, 0.2) is 170 Å². The standard InChI is InChI=1S/C46H28BN/c1-3-11-31-25-35(20-19-29(31)9-1)37-23-24-39-40-16-8-18-43-46(40)47(41-17-7-15-38(37)45(39)41)42-27-33-13-5-6-14-34(33)28-44(42)48(43)36-22-21-30-10-2-4-12-32(30)26-36/h1-28H. The minimum absolute atomic E-state index is 0.121. The average Bonchev–Trinajstić information content (AvgIpc) is 3.15. The van der Waals surface area contributed by atoms with E-state index in [0.717, 1.165) is 0 Å². The van der Waals surface area contributed by atoms with Crippen LogP contribution in [-0.2, 0) is 0 Å². The van der Waals surface area contributed by atoms with Crippen LogP contribution in [0, 0.1) is 0 Å². The number of rotatable bonds is 2. The zero-order valence-corrected chi connectivity index (χ0v) is 26.2. The summed E-state index contributed by atoms with van der Waals surface area (Å²) in [5, 5.41) is 10.3. The summed E-state index contributed by atoms with van der Waals surface area (Å²) in [5.74, 6) is 0. The minimum atomic E-state index is 0.121. The highest BCUT2D eigenvalue weighted by Gasteiger charge is 2.41. The zero-order chi connectivity index (χ0) is 31.3. The van der Waals surface area contributed by atoms with E-state index in [9.17, 15) is 0 Å². The van der Waals surface area contributed by atoms with E-state index in [2.05, 4.69) is 175 Å². The molecule has 0 N–H and O–H groups in total. The summed E-state index contributed by atoms with van der Waals surface area (Å²) < 4.78 is 0. The quantitative estimate of drug-likeness (QED) is 0.177. The maximum atomic E-state index is 2.51. The van der Waals surface area contributed by atoms with Gasteiger partial charge in [0.15, 0.2) is 0 Å². The average molecular weight is 606 g/mol. The van der Waals surface area contributed by atoms with Gasteiger partial charge in [-0.15, -0.1) is 0 Å². The Morgan fingerprint density at radius 2 is 1.02 bits per heavy atom. The lowest BCUT2D eigenvalue weighted by Crippen LogP contribution is -2.59. The summed E-state index contributed by atoms with van der Waals surface area (Å²) in [5.41, 5.74) is 13.0. The Kier molecular flexibility index (Phi) is 5.26. The van der Waals surface area contributed by atoms with E-state index in [0.29, 0.717) is 0 Å². The molecule has 0 fully saturated rings. The molecule has 0 saturated heterocycles. The van der Waals surface area contributed by atoms with Crippen LogP contribution in [0.5, 0.6) is 0 Å². The molecule has 0 spiro atoms. The third kappa shape index (κ3) is 3.57. The van der Waals surface area contributed by atoms with Gasteiger partial charge >= 0.3 is 0 Å². The first-order valence-corrected chi connectivity index (χ1v) is 16.8. The van der Waals surface area contributed by atoms with Gasteiger partial charge in [-0.2, -0.15) is 0 Å². The summed E-state index contributed by atoms with van der Waals surface area (Å²) in [6, 6.07) is 63.4. The first-order chi connectivity index (χ1) is 23.8. The van der Waals surface area contributed by atoms with E-state index < -0.39 is 0 Å². The van der Waals surface area contributed by atoms with Crippen LogP contribution in [0.4, 0.5) is 17.1 Å². The number of hydrogen-bond acceptors (Lipinski definition) is 1. The van der Waals surface area contributed by atoms with Gasteiger partial charge in [-0.3, -0.25) is 0 Å². The van der Waals surface area contributed by atoms with Gasteiger partial charge in [0, 0.05) is 17.1 Å². The summed E-state index contributed by atoms with van der Waals surface area (Å²) in [6.07, 6.45) is 0. The molecular weight excluding hydrogens is 577 g/mol. The Morgan fingerprint density at radius 3 is 1.81 bits per heavy atom. The molecule has 9 aromatic carbocycles. The molecule has 11 rings (SSSR count). The SMILES string of the molecule is c1cc2c3c(c1)N(c1ccc4ccccc4c1)c1cc4ccccc4cc1B3c1cccc3c(-c4ccc5ccccc5c4)ccc-2c13. The molecule has 2 heteroatoms. The van der Waals surface area contributed by atoms with Crippen molar-refractivity contribution in [2.45, 2.75) is 0 Å². The molecule has 220 valence electrons. The first-order valence-electron chi connectivity index (χ1n) is 16.8. The fourth-order valence-electron chi connectivity index (χ4n) is 8.67. The fourth-order valence-corrected chi connectivity index (χ4v) is 8.67. The molecule has 0 aliphatic carbocycles. The van der Waals surface area contributed by atoms with Gasteiger partial charge in [0.25, 0.3) is 0 Å². The maximum Gasteiger partial charge on any atom is 0.248 e. The zero-order valence-electron chi connectivity index (χ0n) is 26.2. The minimum Gasteiger partial charge on any atom is -0.311 e. The van der Waals surface area contributed by atoms with Crippen LogP contribution in [0.1, 0.15) is 0 Å². The molecule has 0 amide bonds. The predicted molar refractivity (Wildman–Crippen MR) is 207 cm³/mol. The van der Waals surface area contributed by atoms with Crippen LogP contribution in [0.3, 0.4) is 0 Å². The summed E-state index contributed by atoms with van der Waals surface area (Å²) in [7, 11) is 0. The third-order valence-corrected chi connectivity index (χ3v) is 10.8. The van der Waals surface area contributed by atoms with E-state index in [1.807, 2.05) is 0 Å². The van der Waals surface area contributed by atoms with Gasteiger partial charge in [-0.05, 0) is 107 Å².